The van der Waals surface area contributed by atoms with Crippen LogP contribution in [0.1, 0.15) is 5.56 Å². The molecule has 0 fully saturated rings. The minimum absolute atomic E-state index is 0.619. The largest absolute Gasteiger partial charge is 0.456 e. The van der Waals surface area contributed by atoms with Gasteiger partial charge in [0.2, 0.25) is 0 Å². The zero-order chi connectivity index (χ0) is 22.4. The van der Waals surface area contributed by atoms with E-state index in [2.05, 4.69) is 41.1 Å². The van der Waals surface area contributed by atoms with Gasteiger partial charge in [0.25, 0.3) is 0 Å². The lowest BCUT2D eigenvalue weighted by Crippen LogP contribution is -2.00. The quantitative estimate of drug-likeness (QED) is 0.253. The molecule has 0 saturated carbocycles. The van der Waals surface area contributed by atoms with Crippen LogP contribution in [0.3, 0.4) is 0 Å². The van der Waals surface area contributed by atoms with Gasteiger partial charge in [-0.2, -0.15) is 0 Å². The molecule has 33 heavy (non-hydrogen) atoms. The molecule has 0 spiro atoms. The lowest BCUT2D eigenvalue weighted by molar-refractivity contribution is 0.669. The van der Waals surface area contributed by atoms with Crippen molar-refractivity contribution in [3.05, 3.63) is 101 Å². The summed E-state index contributed by atoms with van der Waals surface area (Å²) in [5.41, 5.74) is 5.61. The molecule has 4 nitrogen and oxygen atoms in total. The highest BCUT2D eigenvalue weighted by molar-refractivity contribution is 9.10. The number of rotatable bonds is 3. The van der Waals surface area contributed by atoms with Gasteiger partial charge in [-0.3, -0.25) is 0 Å². The molecule has 2 heterocycles. The lowest BCUT2D eigenvalue weighted by Gasteiger charge is -2.09. The smallest absolute Gasteiger partial charge is 0.164 e. The average Bonchev–Trinajstić information content (AvgIpc) is 3.22. The highest BCUT2D eigenvalue weighted by Crippen LogP contribution is 2.37. The average molecular weight is 492 g/mol. The van der Waals surface area contributed by atoms with E-state index >= 15 is 0 Å². The van der Waals surface area contributed by atoms with Gasteiger partial charge in [0, 0.05) is 31.9 Å². The number of benzene rings is 4. The van der Waals surface area contributed by atoms with Gasteiger partial charge in [0.05, 0.1) is 0 Å². The van der Waals surface area contributed by atoms with Crippen LogP contribution < -0.4 is 0 Å². The van der Waals surface area contributed by atoms with Crippen LogP contribution in [0.15, 0.2) is 99.9 Å². The SMILES string of the molecule is Cc1cccc(-c2nc(-c3ccccc3)nc(-c3cccc4oc5ccc(Br)cc5c34)n2)c1. The number of aryl methyl sites for hydroxylation is 1. The molecule has 6 aromatic rings. The molecule has 0 atom stereocenters. The van der Waals surface area contributed by atoms with Crippen LogP contribution in [0.4, 0.5) is 0 Å². The van der Waals surface area contributed by atoms with Gasteiger partial charge in [-0.1, -0.05) is 82.2 Å². The number of nitrogens with zero attached hydrogens (tertiary/aromatic N) is 3. The van der Waals surface area contributed by atoms with Crippen LogP contribution in [0.25, 0.3) is 56.1 Å². The number of furan rings is 1. The van der Waals surface area contributed by atoms with Gasteiger partial charge in [0.1, 0.15) is 11.2 Å². The van der Waals surface area contributed by atoms with Crippen molar-refractivity contribution in [2.24, 2.45) is 0 Å². The maximum absolute atomic E-state index is 6.12. The predicted octanol–water partition coefficient (Wildman–Crippen LogP) is 7.84. The minimum atomic E-state index is 0.619. The van der Waals surface area contributed by atoms with Crippen molar-refractivity contribution < 1.29 is 4.42 Å². The first-order chi connectivity index (χ1) is 16.2. The maximum Gasteiger partial charge on any atom is 0.164 e. The lowest BCUT2D eigenvalue weighted by atomic mass is 10.1. The number of hydrogen-bond donors (Lipinski definition) is 0. The Labute approximate surface area is 199 Å². The Bertz CT molecular complexity index is 1640. The van der Waals surface area contributed by atoms with Crippen molar-refractivity contribution >= 4 is 37.9 Å². The first-order valence-electron chi connectivity index (χ1n) is 10.7. The molecule has 0 radical (unpaired) electrons. The van der Waals surface area contributed by atoms with E-state index in [1.54, 1.807) is 0 Å². The third-order valence-electron chi connectivity index (χ3n) is 5.64. The van der Waals surface area contributed by atoms with Crippen LogP contribution in [0, 0.1) is 6.92 Å². The van der Waals surface area contributed by atoms with Gasteiger partial charge in [-0.25, -0.2) is 15.0 Å². The summed E-state index contributed by atoms with van der Waals surface area (Å²) >= 11 is 3.59. The molecule has 4 aromatic carbocycles. The Hall–Kier alpha value is -3.83. The Kier molecular flexibility index (Phi) is 4.77. The Morgan fingerprint density at radius 3 is 2.18 bits per heavy atom. The molecule has 158 valence electrons. The fourth-order valence-corrected chi connectivity index (χ4v) is 4.47. The van der Waals surface area contributed by atoms with Crippen molar-refractivity contribution in [3.8, 4) is 34.2 Å². The summed E-state index contributed by atoms with van der Waals surface area (Å²) in [6.45, 7) is 2.07. The third-order valence-corrected chi connectivity index (χ3v) is 6.13. The molecule has 5 heteroatoms. The Morgan fingerprint density at radius 2 is 1.36 bits per heavy atom. The normalized spacial score (nSPS) is 11.3. The first-order valence-corrected chi connectivity index (χ1v) is 11.4. The van der Waals surface area contributed by atoms with E-state index in [9.17, 15) is 0 Å². The van der Waals surface area contributed by atoms with Crippen molar-refractivity contribution in [3.63, 3.8) is 0 Å². The molecule has 0 unspecified atom stereocenters. The fraction of sp³-hybridized carbons (Fsp3) is 0.0357. The monoisotopic (exact) mass is 491 g/mol. The molecule has 0 amide bonds. The molecule has 0 aliphatic carbocycles. The number of aromatic nitrogens is 3. The van der Waals surface area contributed by atoms with Gasteiger partial charge < -0.3 is 4.42 Å². The summed E-state index contributed by atoms with van der Waals surface area (Å²) < 4.78 is 7.12. The summed E-state index contributed by atoms with van der Waals surface area (Å²) in [6, 6.07) is 30.3. The van der Waals surface area contributed by atoms with E-state index in [1.165, 1.54) is 0 Å². The van der Waals surface area contributed by atoms with Gasteiger partial charge in [0.15, 0.2) is 17.5 Å². The third kappa shape index (κ3) is 3.60. The summed E-state index contributed by atoms with van der Waals surface area (Å²) in [4.78, 5) is 14.7. The molecule has 0 N–H and O–H groups in total. The van der Waals surface area contributed by atoms with E-state index in [1.807, 2.05) is 72.8 Å². The summed E-state index contributed by atoms with van der Waals surface area (Å²) in [7, 11) is 0. The van der Waals surface area contributed by atoms with Crippen LogP contribution in [-0.2, 0) is 0 Å². The zero-order valence-electron chi connectivity index (χ0n) is 17.8. The van der Waals surface area contributed by atoms with Crippen LogP contribution in [0.5, 0.6) is 0 Å². The second kappa shape index (κ2) is 7.94. The van der Waals surface area contributed by atoms with E-state index < -0.39 is 0 Å². The molecule has 2 aromatic heterocycles. The second-order valence-electron chi connectivity index (χ2n) is 7.96. The van der Waals surface area contributed by atoms with Crippen molar-refractivity contribution in [1.82, 2.24) is 15.0 Å². The standard InChI is InChI=1S/C28H18BrN3O/c1-17-7-5-10-19(15-17)27-30-26(18-8-3-2-4-9-18)31-28(32-27)21-11-6-12-24-25(21)22-16-20(29)13-14-23(22)33-24/h2-16H,1H3. The molecular weight excluding hydrogens is 474 g/mol. The summed E-state index contributed by atoms with van der Waals surface area (Å²) in [5, 5.41) is 2.02. The van der Waals surface area contributed by atoms with E-state index in [0.29, 0.717) is 17.5 Å². The Balaban J connectivity index is 1.66. The van der Waals surface area contributed by atoms with E-state index in [-0.39, 0.29) is 0 Å². The maximum atomic E-state index is 6.12. The minimum Gasteiger partial charge on any atom is -0.456 e. The molecule has 0 aliphatic rings. The van der Waals surface area contributed by atoms with Crippen molar-refractivity contribution in [1.29, 1.82) is 0 Å². The molecule has 0 aliphatic heterocycles. The second-order valence-corrected chi connectivity index (χ2v) is 8.88. The van der Waals surface area contributed by atoms with Gasteiger partial charge in [-0.05, 0) is 37.3 Å². The van der Waals surface area contributed by atoms with Crippen LogP contribution in [0.2, 0.25) is 0 Å². The topological polar surface area (TPSA) is 51.8 Å². The molecule has 0 bridgehead atoms. The Morgan fingerprint density at radius 1 is 0.636 bits per heavy atom. The summed E-state index contributed by atoms with van der Waals surface area (Å²) in [5.74, 6) is 1.91. The zero-order valence-corrected chi connectivity index (χ0v) is 19.4. The molecule has 0 saturated heterocycles. The fourth-order valence-electron chi connectivity index (χ4n) is 4.11. The van der Waals surface area contributed by atoms with Crippen LogP contribution >= 0.6 is 15.9 Å². The highest BCUT2D eigenvalue weighted by atomic mass is 79.9. The number of fused-ring (bicyclic) bond motifs is 3. The first kappa shape index (κ1) is 19.8. The predicted molar refractivity (Wildman–Crippen MR) is 136 cm³/mol. The van der Waals surface area contributed by atoms with E-state index in [0.717, 1.165) is 48.7 Å². The summed E-state index contributed by atoms with van der Waals surface area (Å²) in [6.07, 6.45) is 0. The van der Waals surface area contributed by atoms with E-state index in [4.69, 9.17) is 19.4 Å². The van der Waals surface area contributed by atoms with Crippen molar-refractivity contribution in [2.45, 2.75) is 6.92 Å². The van der Waals surface area contributed by atoms with Crippen molar-refractivity contribution in [2.75, 3.05) is 0 Å². The highest BCUT2D eigenvalue weighted by Gasteiger charge is 2.17. The number of hydrogen-bond acceptors (Lipinski definition) is 4. The number of halogens is 1. The molecular formula is C28H18BrN3O. The van der Waals surface area contributed by atoms with Crippen LogP contribution in [-0.4, -0.2) is 15.0 Å². The van der Waals surface area contributed by atoms with Gasteiger partial charge >= 0.3 is 0 Å². The van der Waals surface area contributed by atoms with Gasteiger partial charge in [-0.15, -0.1) is 0 Å². The molecule has 6 rings (SSSR count).